The van der Waals surface area contributed by atoms with Crippen LogP contribution in [0.2, 0.25) is 0 Å². The highest BCUT2D eigenvalue weighted by Crippen LogP contribution is 2.32. The van der Waals surface area contributed by atoms with Crippen molar-refractivity contribution in [2.24, 2.45) is 5.92 Å². The van der Waals surface area contributed by atoms with Gasteiger partial charge in [0.15, 0.2) is 0 Å². The Balaban J connectivity index is 1.73. The van der Waals surface area contributed by atoms with E-state index < -0.39 is 0 Å². The van der Waals surface area contributed by atoms with Crippen LogP contribution in [0.25, 0.3) is 10.9 Å². The van der Waals surface area contributed by atoms with Gasteiger partial charge in [0.05, 0.1) is 5.52 Å². The van der Waals surface area contributed by atoms with E-state index in [9.17, 15) is 0 Å². The van der Waals surface area contributed by atoms with Gasteiger partial charge in [-0.05, 0) is 36.5 Å². The predicted octanol–water partition coefficient (Wildman–Crippen LogP) is 3.34. The molecule has 0 amide bonds. The molecule has 0 spiro atoms. The quantitative estimate of drug-likeness (QED) is 0.790. The number of anilines is 1. The highest BCUT2D eigenvalue weighted by molar-refractivity contribution is 5.89. The number of rotatable bonds is 1. The minimum atomic E-state index is 0.740. The van der Waals surface area contributed by atoms with Crippen molar-refractivity contribution in [1.82, 2.24) is 9.97 Å². The highest BCUT2D eigenvalue weighted by atomic mass is 15.2. The van der Waals surface area contributed by atoms with Crippen molar-refractivity contribution in [1.29, 1.82) is 0 Å². The Bertz CT molecular complexity index is 697. The number of hydrogen-bond donors (Lipinski definition) is 0. The van der Waals surface area contributed by atoms with Crippen LogP contribution in [0.5, 0.6) is 0 Å². The smallest absolute Gasteiger partial charge is 0.140 e. The molecule has 0 radical (unpaired) electrons. The van der Waals surface area contributed by atoms with Crippen molar-refractivity contribution in [3.8, 4) is 0 Å². The van der Waals surface area contributed by atoms with Crippen molar-refractivity contribution in [2.45, 2.75) is 12.8 Å². The number of nitrogens with zero attached hydrogens (tertiary/aromatic N) is 3. The molecule has 2 aromatic rings. The van der Waals surface area contributed by atoms with Gasteiger partial charge in [0, 0.05) is 18.5 Å². The Hall–Kier alpha value is -2.16. The molecule has 1 unspecified atom stereocenters. The van der Waals surface area contributed by atoms with E-state index in [0.29, 0.717) is 0 Å². The Morgan fingerprint density at radius 2 is 2.10 bits per heavy atom. The summed E-state index contributed by atoms with van der Waals surface area (Å²) in [6.45, 7) is 2.08. The molecule has 1 atom stereocenters. The summed E-state index contributed by atoms with van der Waals surface area (Å²) in [7, 11) is 0. The first-order chi connectivity index (χ1) is 9.92. The molecule has 1 aliphatic heterocycles. The third kappa shape index (κ3) is 1.90. The summed E-state index contributed by atoms with van der Waals surface area (Å²) in [4.78, 5) is 11.3. The fourth-order valence-corrected chi connectivity index (χ4v) is 3.24. The maximum absolute atomic E-state index is 4.54. The average molecular weight is 263 g/mol. The summed E-state index contributed by atoms with van der Waals surface area (Å²) in [5.74, 6) is 1.81. The second kappa shape index (κ2) is 4.75. The van der Waals surface area contributed by atoms with E-state index in [2.05, 4.69) is 51.3 Å². The zero-order valence-corrected chi connectivity index (χ0v) is 11.4. The summed E-state index contributed by atoms with van der Waals surface area (Å²) in [5, 5.41) is 1.15. The topological polar surface area (TPSA) is 29.0 Å². The van der Waals surface area contributed by atoms with Crippen LogP contribution in [0.4, 0.5) is 5.82 Å². The van der Waals surface area contributed by atoms with Crippen molar-refractivity contribution in [2.75, 3.05) is 18.0 Å². The average Bonchev–Trinajstić information content (AvgIpc) is 2.54. The van der Waals surface area contributed by atoms with Gasteiger partial charge in [0.2, 0.25) is 0 Å². The van der Waals surface area contributed by atoms with Gasteiger partial charge in [-0.1, -0.05) is 30.4 Å². The fourth-order valence-electron chi connectivity index (χ4n) is 3.24. The number of para-hydroxylation sites is 1. The Kier molecular flexibility index (Phi) is 2.76. The SMILES string of the molecule is C1=CCC2CCN(c3ncnc4ccccc34)CC2=C1. The van der Waals surface area contributed by atoms with Crippen molar-refractivity contribution in [3.05, 3.63) is 54.4 Å². The Labute approximate surface area is 118 Å². The van der Waals surface area contributed by atoms with Crippen LogP contribution in [-0.2, 0) is 0 Å². The molecule has 1 saturated heterocycles. The normalized spacial score (nSPS) is 21.7. The van der Waals surface area contributed by atoms with Gasteiger partial charge in [-0.25, -0.2) is 9.97 Å². The molecule has 1 aromatic carbocycles. The first-order valence-corrected chi connectivity index (χ1v) is 7.22. The lowest BCUT2D eigenvalue weighted by Crippen LogP contribution is -2.36. The van der Waals surface area contributed by atoms with E-state index in [1.807, 2.05) is 6.07 Å². The third-order valence-electron chi connectivity index (χ3n) is 4.33. The maximum Gasteiger partial charge on any atom is 0.140 e. The lowest BCUT2D eigenvalue weighted by molar-refractivity contribution is 0.501. The summed E-state index contributed by atoms with van der Waals surface area (Å²) in [6, 6.07) is 8.26. The van der Waals surface area contributed by atoms with Crippen molar-refractivity contribution >= 4 is 16.7 Å². The predicted molar refractivity (Wildman–Crippen MR) is 81.7 cm³/mol. The van der Waals surface area contributed by atoms with Crippen molar-refractivity contribution < 1.29 is 0 Å². The van der Waals surface area contributed by atoms with Gasteiger partial charge in [-0.3, -0.25) is 0 Å². The molecule has 1 fully saturated rings. The van der Waals surface area contributed by atoms with Gasteiger partial charge in [-0.15, -0.1) is 0 Å². The number of fused-ring (bicyclic) bond motifs is 2. The van der Waals surface area contributed by atoms with E-state index in [1.165, 1.54) is 12.8 Å². The van der Waals surface area contributed by atoms with Gasteiger partial charge in [0.1, 0.15) is 12.1 Å². The van der Waals surface area contributed by atoms with Crippen LogP contribution in [0.1, 0.15) is 12.8 Å². The lowest BCUT2D eigenvalue weighted by atomic mass is 9.85. The molecule has 0 saturated carbocycles. The zero-order valence-electron chi connectivity index (χ0n) is 11.4. The minimum absolute atomic E-state index is 0.740. The fraction of sp³-hybridized carbons (Fsp3) is 0.294. The summed E-state index contributed by atoms with van der Waals surface area (Å²) in [6.07, 6.45) is 10.8. The standard InChI is InChI=1S/C17H17N3/c1-2-6-14-11-20(10-9-13(14)5-1)17-15-7-3-4-8-16(15)18-12-19-17/h1-4,6-8,12-13H,5,9-11H2. The number of aromatic nitrogens is 2. The Morgan fingerprint density at radius 1 is 1.15 bits per heavy atom. The molecule has 3 heteroatoms. The first-order valence-electron chi connectivity index (χ1n) is 7.22. The molecule has 20 heavy (non-hydrogen) atoms. The first kappa shape index (κ1) is 11.6. The zero-order chi connectivity index (χ0) is 13.4. The van der Waals surface area contributed by atoms with Crippen molar-refractivity contribution in [3.63, 3.8) is 0 Å². The number of hydrogen-bond acceptors (Lipinski definition) is 3. The number of piperidine rings is 1. The molecule has 0 bridgehead atoms. The van der Waals surface area contributed by atoms with Gasteiger partial charge >= 0.3 is 0 Å². The molecule has 0 N–H and O–H groups in total. The second-order valence-corrected chi connectivity index (χ2v) is 5.53. The van der Waals surface area contributed by atoms with E-state index >= 15 is 0 Å². The van der Waals surface area contributed by atoms with E-state index in [0.717, 1.165) is 35.7 Å². The highest BCUT2D eigenvalue weighted by Gasteiger charge is 2.25. The molecule has 2 aliphatic rings. The molecule has 1 aromatic heterocycles. The van der Waals surface area contributed by atoms with E-state index in [-0.39, 0.29) is 0 Å². The van der Waals surface area contributed by atoms with Crippen LogP contribution < -0.4 is 4.90 Å². The lowest BCUT2D eigenvalue weighted by Gasteiger charge is -2.36. The van der Waals surface area contributed by atoms with Gasteiger partial charge in [-0.2, -0.15) is 0 Å². The number of benzene rings is 1. The van der Waals surface area contributed by atoms with Crippen LogP contribution in [-0.4, -0.2) is 23.1 Å². The summed E-state index contributed by atoms with van der Waals surface area (Å²) in [5.41, 5.74) is 2.57. The third-order valence-corrected chi connectivity index (χ3v) is 4.33. The molecule has 3 nitrogen and oxygen atoms in total. The molecule has 2 heterocycles. The van der Waals surface area contributed by atoms with E-state index in [1.54, 1.807) is 11.9 Å². The Morgan fingerprint density at radius 3 is 3.10 bits per heavy atom. The molecule has 1 aliphatic carbocycles. The summed E-state index contributed by atoms with van der Waals surface area (Å²) < 4.78 is 0. The molecule has 4 rings (SSSR count). The van der Waals surface area contributed by atoms with Crippen LogP contribution in [0, 0.1) is 5.92 Å². The molecule has 100 valence electrons. The van der Waals surface area contributed by atoms with Crippen LogP contribution in [0.15, 0.2) is 54.4 Å². The van der Waals surface area contributed by atoms with Gasteiger partial charge < -0.3 is 4.90 Å². The maximum atomic E-state index is 4.54. The monoisotopic (exact) mass is 263 g/mol. The largest absolute Gasteiger partial charge is 0.352 e. The molecular formula is C17H17N3. The van der Waals surface area contributed by atoms with Gasteiger partial charge in [0.25, 0.3) is 0 Å². The number of allylic oxidation sites excluding steroid dienone is 3. The second-order valence-electron chi connectivity index (χ2n) is 5.53. The molecular weight excluding hydrogens is 246 g/mol. The van der Waals surface area contributed by atoms with Crippen LogP contribution >= 0.6 is 0 Å². The van der Waals surface area contributed by atoms with E-state index in [4.69, 9.17) is 0 Å². The summed E-state index contributed by atoms with van der Waals surface area (Å²) >= 11 is 0. The minimum Gasteiger partial charge on any atom is -0.352 e. The van der Waals surface area contributed by atoms with Crippen LogP contribution in [0.3, 0.4) is 0 Å².